The van der Waals surface area contributed by atoms with E-state index in [1.165, 1.54) is 25.7 Å². The van der Waals surface area contributed by atoms with Gasteiger partial charge >= 0.3 is 0 Å². The number of ether oxygens (including phenoxy) is 2. The van der Waals surface area contributed by atoms with Crippen LogP contribution in [0.3, 0.4) is 0 Å². The second-order valence-corrected chi connectivity index (χ2v) is 9.02. The molecule has 1 aliphatic carbocycles. The number of benzene rings is 2. The topological polar surface area (TPSA) is 50.8 Å². The molecule has 5 rings (SSSR count). The van der Waals surface area contributed by atoms with E-state index in [-0.39, 0.29) is 5.91 Å². The van der Waals surface area contributed by atoms with Gasteiger partial charge in [0.05, 0.1) is 6.61 Å². The second kappa shape index (κ2) is 8.31. The molecule has 0 radical (unpaired) electrons. The Hall–Kier alpha value is -2.53. The first kappa shape index (κ1) is 19.4. The fraction of sp³-hybridized carbons (Fsp3) is 0.480. The van der Waals surface area contributed by atoms with Crippen LogP contribution in [0.15, 0.2) is 48.5 Å². The highest BCUT2D eigenvalue weighted by molar-refractivity contribution is 6.04. The zero-order chi connectivity index (χ0) is 20.5. The molecule has 3 atom stereocenters. The summed E-state index contributed by atoms with van der Waals surface area (Å²) in [6, 6.07) is 16.4. The number of piperidine rings is 1. The van der Waals surface area contributed by atoms with Crippen molar-refractivity contribution in [3.63, 3.8) is 0 Å². The first-order valence-electron chi connectivity index (χ1n) is 11.2. The number of carbonyl (C=O) groups excluding carboxylic acids is 1. The SMILES string of the molecule is CN1[C@@H]2CC[C@H]1CC(Oc1ccc(NC(=O)c3ccc(OCC4CC4)cc3)cc1)C2. The second-order valence-electron chi connectivity index (χ2n) is 9.02. The van der Waals surface area contributed by atoms with Crippen LogP contribution in [-0.2, 0) is 0 Å². The third-order valence-corrected chi connectivity index (χ3v) is 6.77. The molecule has 2 aromatic rings. The number of nitrogens with zero attached hydrogens (tertiary/aromatic N) is 1. The maximum atomic E-state index is 12.5. The molecule has 2 bridgehead atoms. The molecule has 2 aromatic carbocycles. The van der Waals surface area contributed by atoms with Gasteiger partial charge in [-0.05, 0) is 100 Å². The van der Waals surface area contributed by atoms with Crippen molar-refractivity contribution in [3.05, 3.63) is 54.1 Å². The number of fused-ring (bicyclic) bond motifs is 2. The molecular weight excluding hydrogens is 376 g/mol. The summed E-state index contributed by atoms with van der Waals surface area (Å²) in [5.41, 5.74) is 1.39. The van der Waals surface area contributed by atoms with Crippen LogP contribution in [-0.4, -0.2) is 42.6 Å². The van der Waals surface area contributed by atoms with Gasteiger partial charge in [-0.2, -0.15) is 0 Å². The average molecular weight is 407 g/mol. The van der Waals surface area contributed by atoms with Crippen LogP contribution < -0.4 is 14.8 Å². The summed E-state index contributed by atoms with van der Waals surface area (Å²) in [6.07, 6.45) is 7.61. The molecule has 30 heavy (non-hydrogen) atoms. The number of carbonyl (C=O) groups is 1. The van der Waals surface area contributed by atoms with Gasteiger partial charge in [0.25, 0.3) is 5.91 Å². The maximum absolute atomic E-state index is 12.5. The standard InChI is InChI=1S/C25H30N2O3/c1-27-20-8-9-21(27)15-24(14-20)30-23-12-6-19(7-13-23)26-25(28)18-4-10-22(11-5-18)29-16-17-2-3-17/h4-7,10-13,17,20-21,24H,2-3,8-9,14-16H2,1H3,(H,26,28)/t20-,21+,24?. The van der Waals surface area contributed by atoms with Crippen LogP contribution in [0.25, 0.3) is 0 Å². The third kappa shape index (κ3) is 4.46. The Balaban J connectivity index is 1.13. The minimum Gasteiger partial charge on any atom is -0.493 e. The summed E-state index contributed by atoms with van der Waals surface area (Å²) in [5, 5.41) is 2.96. The fourth-order valence-corrected chi connectivity index (χ4v) is 4.67. The Kier molecular flexibility index (Phi) is 5.38. The summed E-state index contributed by atoms with van der Waals surface area (Å²) in [5.74, 6) is 2.29. The van der Waals surface area contributed by atoms with Crippen LogP contribution in [0.1, 0.15) is 48.9 Å². The summed E-state index contributed by atoms with van der Waals surface area (Å²) in [6.45, 7) is 0.777. The van der Waals surface area contributed by atoms with E-state index >= 15 is 0 Å². The molecule has 5 nitrogen and oxygen atoms in total. The zero-order valence-corrected chi connectivity index (χ0v) is 17.5. The van der Waals surface area contributed by atoms with Gasteiger partial charge in [-0.3, -0.25) is 4.79 Å². The molecule has 5 heteroatoms. The predicted molar refractivity (Wildman–Crippen MR) is 117 cm³/mol. The van der Waals surface area contributed by atoms with E-state index in [0.29, 0.717) is 23.8 Å². The molecule has 3 aliphatic rings. The number of anilines is 1. The Morgan fingerprint density at radius 3 is 2.20 bits per heavy atom. The lowest BCUT2D eigenvalue weighted by Crippen LogP contribution is -2.43. The Morgan fingerprint density at radius 2 is 1.57 bits per heavy atom. The Morgan fingerprint density at radius 1 is 0.933 bits per heavy atom. The monoisotopic (exact) mass is 406 g/mol. The lowest BCUT2D eigenvalue weighted by Gasteiger charge is -2.36. The summed E-state index contributed by atoms with van der Waals surface area (Å²) in [7, 11) is 2.24. The van der Waals surface area contributed by atoms with Gasteiger partial charge in [-0.25, -0.2) is 0 Å². The van der Waals surface area contributed by atoms with Gasteiger partial charge < -0.3 is 19.7 Å². The average Bonchev–Trinajstić information content (AvgIpc) is 3.56. The van der Waals surface area contributed by atoms with E-state index in [2.05, 4.69) is 17.3 Å². The maximum Gasteiger partial charge on any atom is 0.255 e. The number of hydrogen-bond donors (Lipinski definition) is 1. The summed E-state index contributed by atoms with van der Waals surface area (Å²) >= 11 is 0. The van der Waals surface area contributed by atoms with E-state index in [0.717, 1.165) is 42.6 Å². The lowest BCUT2D eigenvalue weighted by molar-refractivity contribution is 0.0662. The van der Waals surface area contributed by atoms with Gasteiger partial charge in [0.1, 0.15) is 17.6 Å². The van der Waals surface area contributed by atoms with Gasteiger partial charge in [-0.15, -0.1) is 0 Å². The van der Waals surface area contributed by atoms with Crippen molar-refractivity contribution in [2.45, 2.75) is 56.7 Å². The summed E-state index contributed by atoms with van der Waals surface area (Å²) in [4.78, 5) is 15.0. The van der Waals surface area contributed by atoms with Crippen molar-refractivity contribution < 1.29 is 14.3 Å². The van der Waals surface area contributed by atoms with Gasteiger partial charge in [0.2, 0.25) is 0 Å². The predicted octanol–water partition coefficient (Wildman–Crippen LogP) is 4.73. The third-order valence-electron chi connectivity index (χ3n) is 6.77. The van der Waals surface area contributed by atoms with Gasteiger partial charge in [0, 0.05) is 23.3 Å². The molecule has 3 fully saturated rings. The first-order chi connectivity index (χ1) is 14.6. The van der Waals surface area contributed by atoms with E-state index < -0.39 is 0 Å². The van der Waals surface area contributed by atoms with Crippen molar-refractivity contribution >= 4 is 11.6 Å². The van der Waals surface area contributed by atoms with Crippen molar-refractivity contribution in [3.8, 4) is 11.5 Å². The number of nitrogens with one attached hydrogen (secondary N) is 1. The molecule has 1 N–H and O–H groups in total. The molecule has 2 aliphatic heterocycles. The minimum atomic E-state index is -0.121. The normalized spacial score (nSPS) is 25.7. The van der Waals surface area contributed by atoms with Crippen molar-refractivity contribution in [1.82, 2.24) is 4.90 Å². The number of amides is 1. The van der Waals surface area contributed by atoms with E-state index in [9.17, 15) is 4.79 Å². The first-order valence-corrected chi connectivity index (χ1v) is 11.2. The van der Waals surface area contributed by atoms with Crippen LogP contribution in [0.2, 0.25) is 0 Å². The Labute approximate surface area is 178 Å². The highest BCUT2D eigenvalue weighted by atomic mass is 16.5. The summed E-state index contributed by atoms with van der Waals surface area (Å²) < 4.78 is 12.0. The molecule has 2 heterocycles. The molecule has 158 valence electrons. The lowest BCUT2D eigenvalue weighted by atomic mass is 10.0. The van der Waals surface area contributed by atoms with E-state index in [1.54, 1.807) is 0 Å². The Bertz CT molecular complexity index is 862. The molecule has 1 unspecified atom stereocenters. The van der Waals surface area contributed by atoms with Crippen molar-refractivity contribution in [1.29, 1.82) is 0 Å². The molecule has 0 aromatic heterocycles. The van der Waals surface area contributed by atoms with Crippen molar-refractivity contribution in [2.75, 3.05) is 19.0 Å². The van der Waals surface area contributed by atoms with E-state index in [1.807, 2.05) is 48.5 Å². The minimum absolute atomic E-state index is 0.121. The smallest absolute Gasteiger partial charge is 0.255 e. The quantitative estimate of drug-likeness (QED) is 0.722. The number of hydrogen-bond acceptors (Lipinski definition) is 4. The van der Waals surface area contributed by atoms with Gasteiger partial charge in [-0.1, -0.05) is 0 Å². The van der Waals surface area contributed by atoms with Crippen molar-refractivity contribution in [2.24, 2.45) is 5.92 Å². The van der Waals surface area contributed by atoms with Crippen LogP contribution in [0.4, 0.5) is 5.69 Å². The van der Waals surface area contributed by atoms with Crippen LogP contribution >= 0.6 is 0 Å². The van der Waals surface area contributed by atoms with Crippen LogP contribution in [0, 0.1) is 5.92 Å². The van der Waals surface area contributed by atoms with E-state index in [4.69, 9.17) is 9.47 Å². The highest BCUT2D eigenvalue weighted by Crippen LogP contribution is 2.36. The molecular formula is C25H30N2O3. The fourth-order valence-electron chi connectivity index (χ4n) is 4.67. The zero-order valence-electron chi connectivity index (χ0n) is 17.5. The molecule has 0 spiro atoms. The molecule has 1 saturated carbocycles. The molecule has 2 saturated heterocycles. The number of rotatable bonds is 7. The molecule has 1 amide bonds. The largest absolute Gasteiger partial charge is 0.493 e. The van der Waals surface area contributed by atoms with Gasteiger partial charge in [0.15, 0.2) is 0 Å². The van der Waals surface area contributed by atoms with Crippen LogP contribution in [0.5, 0.6) is 11.5 Å². The highest BCUT2D eigenvalue weighted by Gasteiger charge is 2.39.